The van der Waals surface area contributed by atoms with Gasteiger partial charge in [0.15, 0.2) is 0 Å². The van der Waals surface area contributed by atoms with Gasteiger partial charge < -0.3 is 4.98 Å². The highest BCUT2D eigenvalue weighted by atomic mass is 14.7. The summed E-state index contributed by atoms with van der Waals surface area (Å²) in [7, 11) is 0. The van der Waals surface area contributed by atoms with E-state index >= 15 is 0 Å². The monoisotopic (exact) mass is 175 g/mol. The lowest BCUT2D eigenvalue weighted by molar-refractivity contribution is 1.41. The number of hydrogen-bond donors (Lipinski definition) is 1. The molecule has 0 amide bonds. The maximum Gasteiger partial charge on any atom is 0.0459 e. The second-order valence-corrected chi connectivity index (χ2v) is 3.02. The van der Waals surface area contributed by atoms with Gasteiger partial charge in [-0.2, -0.15) is 0 Å². The van der Waals surface area contributed by atoms with Gasteiger partial charge >= 0.3 is 0 Å². The first-order chi connectivity index (χ1) is 6.27. The van der Waals surface area contributed by atoms with Crippen LogP contribution >= 0.6 is 0 Å². The maximum absolute atomic E-state index is 3.20. The van der Waals surface area contributed by atoms with Gasteiger partial charge in [-0.3, -0.25) is 0 Å². The van der Waals surface area contributed by atoms with Crippen LogP contribution in [0.25, 0.3) is 10.9 Å². The molecule has 70 valence electrons. The molecule has 0 radical (unpaired) electrons. The molecule has 0 saturated heterocycles. The van der Waals surface area contributed by atoms with E-state index in [4.69, 9.17) is 0 Å². The topological polar surface area (TPSA) is 15.8 Å². The van der Waals surface area contributed by atoms with Gasteiger partial charge in [0.25, 0.3) is 0 Å². The van der Waals surface area contributed by atoms with Crippen LogP contribution in [0, 0.1) is 13.8 Å². The van der Waals surface area contributed by atoms with Crippen molar-refractivity contribution in [2.24, 2.45) is 0 Å². The number of rotatable bonds is 0. The highest BCUT2D eigenvalue weighted by molar-refractivity contribution is 5.83. The number of nitrogens with one attached hydrogen (secondary N) is 1. The fraction of sp³-hybridized carbons (Fsp3) is 0.333. The molecule has 2 aromatic rings. The minimum atomic E-state index is 1.24. The van der Waals surface area contributed by atoms with E-state index in [9.17, 15) is 0 Å². The second kappa shape index (κ2) is 4.13. The van der Waals surface area contributed by atoms with Gasteiger partial charge in [-0.05, 0) is 37.1 Å². The summed E-state index contributed by atoms with van der Waals surface area (Å²) in [6.45, 7) is 8.26. The molecule has 0 atom stereocenters. The summed E-state index contributed by atoms with van der Waals surface area (Å²) in [5, 5.41) is 1.33. The quantitative estimate of drug-likeness (QED) is 0.626. The van der Waals surface area contributed by atoms with Crippen LogP contribution in [-0.4, -0.2) is 4.98 Å². The molecular weight excluding hydrogens is 158 g/mol. The molecule has 0 aliphatic carbocycles. The molecule has 1 nitrogen and oxygen atoms in total. The predicted octanol–water partition coefficient (Wildman–Crippen LogP) is 3.81. The number of benzene rings is 1. The summed E-state index contributed by atoms with van der Waals surface area (Å²) in [6, 6.07) is 6.49. The largest absolute Gasteiger partial charge is 0.361 e. The summed E-state index contributed by atoms with van der Waals surface area (Å²) in [4.78, 5) is 3.20. The Labute approximate surface area is 79.8 Å². The lowest BCUT2D eigenvalue weighted by atomic mass is 10.1. The normalized spacial score (nSPS) is 9.54. The highest BCUT2D eigenvalue weighted by Gasteiger charge is 1.97. The third-order valence-electron chi connectivity index (χ3n) is 2.02. The van der Waals surface area contributed by atoms with Crippen LogP contribution in [0.1, 0.15) is 25.0 Å². The average Bonchev–Trinajstić information content (AvgIpc) is 2.55. The lowest BCUT2D eigenvalue weighted by Crippen LogP contribution is -1.77. The first-order valence-electron chi connectivity index (χ1n) is 4.82. The number of H-pyrrole nitrogens is 1. The zero-order valence-corrected chi connectivity index (χ0v) is 8.81. The molecule has 0 spiro atoms. The Balaban J connectivity index is 0.000000396. The Kier molecular flexibility index (Phi) is 3.13. The third-order valence-corrected chi connectivity index (χ3v) is 2.02. The van der Waals surface area contributed by atoms with Crippen molar-refractivity contribution < 1.29 is 0 Å². The van der Waals surface area contributed by atoms with Crippen LogP contribution < -0.4 is 0 Å². The molecule has 1 aromatic heterocycles. The fourth-order valence-corrected chi connectivity index (χ4v) is 1.53. The van der Waals surface area contributed by atoms with Crippen LogP contribution in [0.15, 0.2) is 24.4 Å². The SMILES string of the molecule is CC.Cc1cc(C)c2cc[nH]c2c1. The molecule has 13 heavy (non-hydrogen) atoms. The molecule has 0 fully saturated rings. The standard InChI is InChI=1S/C10H11N.C2H6/c1-7-5-8(2)9-3-4-11-10(9)6-7;1-2/h3-6,11H,1-2H3;1-2H3. The Hall–Kier alpha value is -1.24. The Morgan fingerprint density at radius 3 is 2.46 bits per heavy atom. The molecule has 2 rings (SSSR count). The number of hydrogen-bond acceptors (Lipinski definition) is 0. The van der Waals surface area contributed by atoms with Gasteiger partial charge in [-0.1, -0.05) is 19.9 Å². The molecule has 1 heterocycles. The van der Waals surface area contributed by atoms with E-state index in [1.807, 2.05) is 20.0 Å². The summed E-state index contributed by atoms with van der Waals surface area (Å²) in [6.07, 6.45) is 1.98. The van der Waals surface area contributed by atoms with Crippen LogP contribution in [0.3, 0.4) is 0 Å². The van der Waals surface area contributed by atoms with Crippen LogP contribution in [0.5, 0.6) is 0 Å². The third kappa shape index (κ3) is 1.92. The predicted molar refractivity (Wildman–Crippen MR) is 59.1 cm³/mol. The van der Waals surface area contributed by atoms with Crippen molar-refractivity contribution in [1.29, 1.82) is 0 Å². The van der Waals surface area contributed by atoms with Gasteiger partial charge in [0, 0.05) is 17.1 Å². The van der Waals surface area contributed by atoms with E-state index in [1.165, 1.54) is 22.0 Å². The fourth-order valence-electron chi connectivity index (χ4n) is 1.53. The number of aryl methyl sites for hydroxylation is 2. The second-order valence-electron chi connectivity index (χ2n) is 3.02. The summed E-state index contributed by atoms with van der Waals surface area (Å²) in [5.41, 5.74) is 3.90. The molecule has 1 N–H and O–H groups in total. The minimum absolute atomic E-state index is 1.24. The van der Waals surface area contributed by atoms with Crippen molar-refractivity contribution >= 4 is 10.9 Å². The first-order valence-corrected chi connectivity index (χ1v) is 4.82. The average molecular weight is 175 g/mol. The van der Waals surface area contributed by atoms with Gasteiger partial charge in [-0.25, -0.2) is 0 Å². The van der Waals surface area contributed by atoms with E-state index in [0.29, 0.717) is 0 Å². The Bertz CT molecular complexity index is 385. The zero-order valence-electron chi connectivity index (χ0n) is 8.81. The maximum atomic E-state index is 3.20. The first kappa shape index (κ1) is 9.85. The van der Waals surface area contributed by atoms with Crippen molar-refractivity contribution in [3.8, 4) is 0 Å². The Morgan fingerprint density at radius 1 is 1.08 bits per heavy atom. The van der Waals surface area contributed by atoms with Crippen molar-refractivity contribution in [3.63, 3.8) is 0 Å². The molecule has 0 aliphatic rings. The van der Waals surface area contributed by atoms with Gasteiger partial charge in [-0.15, -0.1) is 0 Å². The Morgan fingerprint density at radius 2 is 1.77 bits per heavy atom. The lowest BCUT2D eigenvalue weighted by Gasteiger charge is -1.97. The molecule has 0 unspecified atom stereocenters. The van der Waals surface area contributed by atoms with Crippen LogP contribution in [0.4, 0.5) is 0 Å². The number of aromatic amines is 1. The van der Waals surface area contributed by atoms with Crippen molar-refractivity contribution in [3.05, 3.63) is 35.5 Å². The highest BCUT2D eigenvalue weighted by Crippen LogP contribution is 2.18. The summed E-state index contributed by atoms with van der Waals surface area (Å²) in [5.74, 6) is 0. The summed E-state index contributed by atoms with van der Waals surface area (Å²) >= 11 is 0. The molecule has 0 saturated carbocycles. The van der Waals surface area contributed by atoms with Gasteiger partial charge in [0.1, 0.15) is 0 Å². The number of fused-ring (bicyclic) bond motifs is 1. The molecule has 0 aliphatic heterocycles. The van der Waals surface area contributed by atoms with E-state index in [0.717, 1.165) is 0 Å². The number of aromatic nitrogens is 1. The van der Waals surface area contributed by atoms with E-state index in [-0.39, 0.29) is 0 Å². The van der Waals surface area contributed by atoms with Crippen molar-refractivity contribution in [2.75, 3.05) is 0 Å². The van der Waals surface area contributed by atoms with Crippen LogP contribution in [0.2, 0.25) is 0 Å². The summed E-state index contributed by atoms with van der Waals surface area (Å²) < 4.78 is 0. The molecular formula is C12H17N. The van der Waals surface area contributed by atoms with Crippen molar-refractivity contribution in [2.45, 2.75) is 27.7 Å². The van der Waals surface area contributed by atoms with Gasteiger partial charge in [0.2, 0.25) is 0 Å². The van der Waals surface area contributed by atoms with E-state index in [1.54, 1.807) is 0 Å². The van der Waals surface area contributed by atoms with Gasteiger partial charge in [0.05, 0.1) is 0 Å². The van der Waals surface area contributed by atoms with Crippen LogP contribution in [-0.2, 0) is 0 Å². The zero-order chi connectivity index (χ0) is 9.84. The van der Waals surface area contributed by atoms with E-state index in [2.05, 4.69) is 37.0 Å². The minimum Gasteiger partial charge on any atom is -0.361 e. The molecule has 1 aromatic carbocycles. The smallest absolute Gasteiger partial charge is 0.0459 e. The van der Waals surface area contributed by atoms with Crippen molar-refractivity contribution in [1.82, 2.24) is 4.98 Å². The van der Waals surface area contributed by atoms with E-state index < -0.39 is 0 Å². The molecule has 0 bridgehead atoms. The molecule has 1 heteroatoms.